The Morgan fingerprint density at radius 1 is 0.914 bits per heavy atom. The molecular formula is C24H23Cl2N7O2. The Morgan fingerprint density at radius 2 is 1.54 bits per heavy atom. The van der Waals surface area contributed by atoms with Gasteiger partial charge in [0, 0.05) is 36.2 Å². The standard InChI is InChI=1S/C24H23Cl2N7O2/c1-24(2,35-19-9-5-17(26)6-10-19)23(34)32-13-11-31(12-14-32)21-20-22(28-15-27-21)33(30-29-20)18-7-3-16(25)4-8-18/h3-10,15H,11-14H2,1-2H3. The SMILES string of the molecule is CC(C)(Oc1ccc(Cl)cc1)C(=O)N1CCN(c2ncnc3c2nnn3-c2ccc(Cl)cc2)CC1. The maximum atomic E-state index is 13.2. The highest BCUT2D eigenvalue weighted by atomic mass is 35.5. The zero-order chi connectivity index (χ0) is 24.6. The lowest BCUT2D eigenvalue weighted by Crippen LogP contribution is -2.56. The third kappa shape index (κ3) is 4.74. The Hall–Kier alpha value is -3.43. The molecule has 3 heterocycles. The van der Waals surface area contributed by atoms with Crippen LogP contribution in [-0.2, 0) is 4.79 Å². The van der Waals surface area contributed by atoms with Gasteiger partial charge >= 0.3 is 0 Å². The molecule has 0 saturated carbocycles. The Labute approximate surface area is 212 Å². The van der Waals surface area contributed by atoms with E-state index >= 15 is 0 Å². The third-order valence-corrected chi connectivity index (χ3v) is 6.36. The molecule has 180 valence electrons. The number of halogens is 2. The van der Waals surface area contributed by atoms with Gasteiger partial charge in [-0.05, 0) is 62.4 Å². The van der Waals surface area contributed by atoms with Crippen LogP contribution in [0.15, 0.2) is 54.9 Å². The Kier molecular flexibility index (Phi) is 6.21. The van der Waals surface area contributed by atoms with Gasteiger partial charge in [0.25, 0.3) is 5.91 Å². The summed E-state index contributed by atoms with van der Waals surface area (Å²) in [6.45, 7) is 5.82. The summed E-state index contributed by atoms with van der Waals surface area (Å²) in [6, 6.07) is 14.3. The molecule has 0 N–H and O–H groups in total. The minimum atomic E-state index is -1.01. The molecule has 1 fully saturated rings. The van der Waals surface area contributed by atoms with Gasteiger partial charge in [0.05, 0.1) is 5.69 Å². The van der Waals surface area contributed by atoms with Crippen LogP contribution >= 0.6 is 23.2 Å². The fourth-order valence-electron chi connectivity index (χ4n) is 4.07. The highest BCUT2D eigenvalue weighted by molar-refractivity contribution is 6.30. The monoisotopic (exact) mass is 511 g/mol. The van der Waals surface area contributed by atoms with E-state index in [1.54, 1.807) is 54.9 Å². The molecule has 9 nitrogen and oxygen atoms in total. The van der Waals surface area contributed by atoms with Crippen molar-refractivity contribution in [3.63, 3.8) is 0 Å². The van der Waals surface area contributed by atoms with Gasteiger partial charge < -0.3 is 14.5 Å². The lowest BCUT2D eigenvalue weighted by Gasteiger charge is -2.38. The number of ether oxygens (including phenoxy) is 1. The van der Waals surface area contributed by atoms with Crippen molar-refractivity contribution >= 4 is 46.1 Å². The van der Waals surface area contributed by atoms with E-state index in [9.17, 15) is 4.79 Å². The van der Waals surface area contributed by atoms with E-state index in [-0.39, 0.29) is 5.91 Å². The minimum absolute atomic E-state index is 0.0754. The van der Waals surface area contributed by atoms with Gasteiger partial charge in [-0.15, -0.1) is 5.10 Å². The van der Waals surface area contributed by atoms with Crippen molar-refractivity contribution in [1.29, 1.82) is 0 Å². The normalized spacial score (nSPS) is 14.4. The van der Waals surface area contributed by atoms with Crippen LogP contribution in [0.5, 0.6) is 5.75 Å². The largest absolute Gasteiger partial charge is 0.478 e. The molecule has 0 spiro atoms. The second kappa shape index (κ2) is 9.31. The molecule has 0 bridgehead atoms. The maximum Gasteiger partial charge on any atom is 0.266 e. The van der Waals surface area contributed by atoms with Crippen molar-refractivity contribution in [3.05, 3.63) is 64.9 Å². The predicted molar refractivity (Wildman–Crippen MR) is 134 cm³/mol. The summed E-state index contributed by atoms with van der Waals surface area (Å²) in [5.41, 5.74) is 1.00. The number of fused-ring (bicyclic) bond motifs is 1. The van der Waals surface area contributed by atoms with Gasteiger partial charge in [0.15, 0.2) is 22.6 Å². The molecule has 1 saturated heterocycles. The van der Waals surface area contributed by atoms with Crippen LogP contribution in [0, 0.1) is 0 Å². The molecule has 0 radical (unpaired) electrons. The number of carbonyl (C=O) groups excluding carboxylic acids is 1. The lowest BCUT2D eigenvalue weighted by molar-refractivity contribution is -0.145. The molecule has 1 aliphatic rings. The van der Waals surface area contributed by atoms with Crippen molar-refractivity contribution < 1.29 is 9.53 Å². The molecule has 4 aromatic rings. The molecular weight excluding hydrogens is 489 g/mol. The van der Waals surface area contributed by atoms with Gasteiger partial charge in [0.1, 0.15) is 12.1 Å². The number of piperazine rings is 1. The summed E-state index contributed by atoms with van der Waals surface area (Å²) in [5.74, 6) is 1.21. The van der Waals surface area contributed by atoms with Crippen LogP contribution in [0.4, 0.5) is 5.82 Å². The van der Waals surface area contributed by atoms with Crippen molar-refractivity contribution in [2.24, 2.45) is 0 Å². The van der Waals surface area contributed by atoms with E-state index in [1.165, 1.54) is 6.33 Å². The Bertz CT molecular complexity index is 1350. The van der Waals surface area contributed by atoms with Crippen molar-refractivity contribution in [3.8, 4) is 11.4 Å². The predicted octanol–water partition coefficient (Wildman–Crippen LogP) is 4.02. The number of nitrogens with zero attached hydrogens (tertiary/aromatic N) is 7. The van der Waals surface area contributed by atoms with Crippen LogP contribution in [0.25, 0.3) is 16.9 Å². The molecule has 0 aliphatic carbocycles. The summed E-state index contributed by atoms with van der Waals surface area (Å²) >= 11 is 12.0. The van der Waals surface area contributed by atoms with E-state index in [0.29, 0.717) is 59.0 Å². The van der Waals surface area contributed by atoms with Crippen LogP contribution in [0.1, 0.15) is 13.8 Å². The first kappa shape index (κ1) is 23.3. The number of benzene rings is 2. The van der Waals surface area contributed by atoms with Gasteiger partial charge in [-0.2, -0.15) is 4.68 Å². The van der Waals surface area contributed by atoms with Gasteiger partial charge in [-0.3, -0.25) is 4.79 Å². The fraction of sp³-hybridized carbons (Fsp3) is 0.292. The first-order valence-corrected chi connectivity index (χ1v) is 11.9. The Morgan fingerprint density at radius 3 is 2.20 bits per heavy atom. The summed E-state index contributed by atoms with van der Waals surface area (Å²) in [7, 11) is 0. The number of carbonyl (C=O) groups is 1. The second-order valence-electron chi connectivity index (χ2n) is 8.69. The Balaban J connectivity index is 1.29. The van der Waals surface area contributed by atoms with Gasteiger partial charge in [0.2, 0.25) is 0 Å². The number of anilines is 1. The highest BCUT2D eigenvalue weighted by Gasteiger charge is 2.36. The summed E-state index contributed by atoms with van der Waals surface area (Å²) in [5, 5.41) is 9.88. The van der Waals surface area contributed by atoms with Crippen molar-refractivity contribution in [2.45, 2.75) is 19.4 Å². The zero-order valence-electron chi connectivity index (χ0n) is 19.2. The third-order valence-electron chi connectivity index (χ3n) is 5.86. The zero-order valence-corrected chi connectivity index (χ0v) is 20.7. The summed E-state index contributed by atoms with van der Waals surface area (Å²) < 4.78 is 7.64. The number of amides is 1. The quantitative estimate of drug-likeness (QED) is 0.399. The molecule has 1 aliphatic heterocycles. The number of rotatable bonds is 5. The van der Waals surface area contributed by atoms with E-state index in [2.05, 4.69) is 25.2 Å². The maximum absolute atomic E-state index is 13.2. The molecule has 2 aromatic heterocycles. The topological polar surface area (TPSA) is 89.3 Å². The molecule has 2 aromatic carbocycles. The van der Waals surface area contributed by atoms with Crippen molar-refractivity contribution in [2.75, 3.05) is 31.1 Å². The minimum Gasteiger partial charge on any atom is -0.478 e. The smallest absolute Gasteiger partial charge is 0.266 e. The van der Waals surface area contributed by atoms with Crippen LogP contribution in [-0.4, -0.2) is 67.5 Å². The van der Waals surface area contributed by atoms with E-state index in [0.717, 1.165) is 5.69 Å². The number of hydrogen-bond donors (Lipinski definition) is 0. The molecule has 1 amide bonds. The second-order valence-corrected chi connectivity index (χ2v) is 9.57. The molecule has 0 unspecified atom stereocenters. The van der Waals surface area contributed by atoms with E-state index < -0.39 is 5.60 Å². The fourth-order valence-corrected chi connectivity index (χ4v) is 4.32. The first-order valence-electron chi connectivity index (χ1n) is 11.1. The lowest BCUT2D eigenvalue weighted by atomic mass is 10.1. The molecule has 35 heavy (non-hydrogen) atoms. The van der Waals surface area contributed by atoms with Crippen LogP contribution < -0.4 is 9.64 Å². The average molecular weight is 512 g/mol. The van der Waals surface area contributed by atoms with Crippen LogP contribution in [0.3, 0.4) is 0 Å². The summed E-state index contributed by atoms with van der Waals surface area (Å²) in [4.78, 5) is 26.0. The van der Waals surface area contributed by atoms with Gasteiger partial charge in [-0.1, -0.05) is 28.4 Å². The van der Waals surface area contributed by atoms with Crippen molar-refractivity contribution in [1.82, 2.24) is 29.9 Å². The average Bonchev–Trinajstić information content (AvgIpc) is 3.30. The van der Waals surface area contributed by atoms with E-state index in [1.807, 2.05) is 17.0 Å². The van der Waals surface area contributed by atoms with Crippen LogP contribution in [0.2, 0.25) is 10.0 Å². The first-order chi connectivity index (χ1) is 16.8. The molecule has 5 rings (SSSR count). The number of aromatic nitrogens is 5. The molecule has 0 atom stereocenters. The number of hydrogen-bond acceptors (Lipinski definition) is 7. The highest BCUT2D eigenvalue weighted by Crippen LogP contribution is 2.26. The molecule has 11 heteroatoms. The van der Waals surface area contributed by atoms with Gasteiger partial charge in [-0.25, -0.2) is 9.97 Å². The van der Waals surface area contributed by atoms with E-state index in [4.69, 9.17) is 27.9 Å². The summed E-state index contributed by atoms with van der Waals surface area (Å²) in [6.07, 6.45) is 1.51.